The molecule has 3 rings (SSSR count). The highest BCUT2D eigenvalue weighted by atomic mass is 79.9. The number of halogens is 1. The lowest BCUT2D eigenvalue weighted by molar-refractivity contribution is 0.0972. The summed E-state index contributed by atoms with van der Waals surface area (Å²) in [6, 6.07) is 6.62. The molecule has 2 aliphatic heterocycles. The van der Waals surface area contributed by atoms with Crippen LogP contribution in [0.5, 0.6) is 5.75 Å². The Hall–Kier alpha value is -0.580. The minimum Gasteiger partial charge on any atom is -0.496 e. The monoisotopic (exact) mass is 311 g/mol. The molecule has 2 fully saturated rings. The Morgan fingerprint density at radius 1 is 1.44 bits per heavy atom. The van der Waals surface area contributed by atoms with Crippen LogP contribution in [-0.4, -0.2) is 25.4 Å². The molecule has 3 nitrogen and oxygen atoms in total. The van der Waals surface area contributed by atoms with Gasteiger partial charge in [-0.3, -0.25) is 0 Å². The molecule has 0 radical (unpaired) electrons. The van der Waals surface area contributed by atoms with Crippen molar-refractivity contribution in [3.8, 4) is 5.75 Å². The molecule has 0 spiro atoms. The van der Waals surface area contributed by atoms with Crippen LogP contribution in [0.25, 0.3) is 0 Å². The van der Waals surface area contributed by atoms with E-state index < -0.39 is 0 Å². The second kappa shape index (κ2) is 5.19. The standard InChI is InChI=1S/C14H18BrNO2/c1-17-13-4-2-10(15)6-9(13)8-16-12-7-11-3-5-14(12)18-11/h2,4,6,11-12,14,16H,3,5,7-8H2,1H3. The van der Waals surface area contributed by atoms with Gasteiger partial charge < -0.3 is 14.8 Å². The third-order valence-corrected chi connectivity index (χ3v) is 4.40. The van der Waals surface area contributed by atoms with E-state index >= 15 is 0 Å². The van der Waals surface area contributed by atoms with Gasteiger partial charge in [-0.1, -0.05) is 15.9 Å². The maximum Gasteiger partial charge on any atom is 0.123 e. The van der Waals surface area contributed by atoms with Crippen LogP contribution in [0.1, 0.15) is 24.8 Å². The van der Waals surface area contributed by atoms with E-state index in [2.05, 4.69) is 27.3 Å². The maximum absolute atomic E-state index is 5.85. The maximum atomic E-state index is 5.85. The fourth-order valence-corrected chi connectivity index (χ4v) is 3.39. The number of benzene rings is 1. The third kappa shape index (κ3) is 2.42. The predicted octanol–water partition coefficient (Wildman–Crippen LogP) is 2.87. The summed E-state index contributed by atoms with van der Waals surface area (Å²) in [6.07, 6.45) is 4.52. The molecule has 1 N–H and O–H groups in total. The largest absolute Gasteiger partial charge is 0.496 e. The second-order valence-corrected chi connectivity index (χ2v) is 5.97. The fraction of sp³-hybridized carbons (Fsp3) is 0.571. The van der Waals surface area contributed by atoms with E-state index in [4.69, 9.17) is 9.47 Å². The van der Waals surface area contributed by atoms with E-state index in [0.29, 0.717) is 18.2 Å². The Balaban J connectivity index is 1.64. The van der Waals surface area contributed by atoms with E-state index in [1.165, 1.54) is 18.4 Å². The second-order valence-electron chi connectivity index (χ2n) is 5.05. The summed E-state index contributed by atoms with van der Waals surface area (Å²) in [5.74, 6) is 0.940. The first-order chi connectivity index (χ1) is 8.76. The van der Waals surface area contributed by atoms with Gasteiger partial charge in [0, 0.05) is 22.6 Å². The van der Waals surface area contributed by atoms with E-state index in [0.717, 1.165) is 23.2 Å². The minimum atomic E-state index is 0.424. The SMILES string of the molecule is COc1ccc(Br)cc1CNC1CC2CCC1O2. The molecule has 1 aromatic rings. The molecule has 0 aromatic heterocycles. The van der Waals surface area contributed by atoms with E-state index in [-0.39, 0.29) is 0 Å². The highest BCUT2D eigenvalue weighted by Gasteiger charge is 2.40. The summed E-state index contributed by atoms with van der Waals surface area (Å²) >= 11 is 3.50. The highest BCUT2D eigenvalue weighted by Crippen LogP contribution is 2.34. The van der Waals surface area contributed by atoms with Crippen molar-refractivity contribution in [3.05, 3.63) is 28.2 Å². The number of rotatable bonds is 4. The molecule has 1 aromatic carbocycles. The molecule has 0 saturated carbocycles. The van der Waals surface area contributed by atoms with Gasteiger partial charge in [0.15, 0.2) is 0 Å². The van der Waals surface area contributed by atoms with Crippen molar-refractivity contribution < 1.29 is 9.47 Å². The highest BCUT2D eigenvalue weighted by molar-refractivity contribution is 9.10. The number of nitrogens with one attached hydrogen (secondary N) is 1. The zero-order valence-corrected chi connectivity index (χ0v) is 12.1. The molecular weight excluding hydrogens is 294 g/mol. The quantitative estimate of drug-likeness (QED) is 0.927. The Morgan fingerprint density at radius 3 is 3.00 bits per heavy atom. The van der Waals surface area contributed by atoms with Crippen molar-refractivity contribution in [2.75, 3.05) is 7.11 Å². The minimum absolute atomic E-state index is 0.424. The van der Waals surface area contributed by atoms with Gasteiger partial charge in [-0.2, -0.15) is 0 Å². The first-order valence-electron chi connectivity index (χ1n) is 6.47. The predicted molar refractivity (Wildman–Crippen MR) is 73.8 cm³/mol. The van der Waals surface area contributed by atoms with Gasteiger partial charge in [-0.05, 0) is 37.5 Å². The molecule has 0 aliphatic carbocycles. The first-order valence-corrected chi connectivity index (χ1v) is 7.27. The van der Waals surface area contributed by atoms with Crippen LogP contribution < -0.4 is 10.1 Å². The topological polar surface area (TPSA) is 30.5 Å². The van der Waals surface area contributed by atoms with Crippen LogP contribution >= 0.6 is 15.9 Å². The van der Waals surface area contributed by atoms with Crippen LogP contribution in [0, 0.1) is 0 Å². The summed E-state index contributed by atoms with van der Waals surface area (Å²) < 4.78 is 12.3. The molecule has 4 heteroatoms. The zero-order valence-electron chi connectivity index (χ0n) is 10.5. The number of methoxy groups -OCH3 is 1. The molecule has 0 amide bonds. The molecule has 3 unspecified atom stereocenters. The molecule has 2 heterocycles. The van der Waals surface area contributed by atoms with E-state index in [1.807, 2.05) is 12.1 Å². The van der Waals surface area contributed by atoms with Gasteiger partial charge in [0.05, 0.1) is 19.3 Å². The van der Waals surface area contributed by atoms with Crippen molar-refractivity contribution in [1.82, 2.24) is 5.32 Å². The van der Waals surface area contributed by atoms with Gasteiger partial charge in [0.1, 0.15) is 5.75 Å². The summed E-state index contributed by atoms with van der Waals surface area (Å²) in [5.41, 5.74) is 1.19. The summed E-state index contributed by atoms with van der Waals surface area (Å²) in [6.45, 7) is 0.833. The van der Waals surface area contributed by atoms with Crippen LogP contribution in [0.3, 0.4) is 0 Å². The van der Waals surface area contributed by atoms with E-state index in [9.17, 15) is 0 Å². The van der Waals surface area contributed by atoms with Crippen LogP contribution in [0.15, 0.2) is 22.7 Å². The van der Waals surface area contributed by atoms with Gasteiger partial charge in [-0.15, -0.1) is 0 Å². The Labute approximate surface area is 116 Å². The molecule has 98 valence electrons. The zero-order chi connectivity index (χ0) is 12.5. The number of hydrogen-bond acceptors (Lipinski definition) is 3. The molecule has 3 atom stereocenters. The number of hydrogen-bond donors (Lipinski definition) is 1. The average Bonchev–Trinajstić information content (AvgIpc) is 2.98. The fourth-order valence-electron chi connectivity index (χ4n) is 2.98. The summed E-state index contributed by atoms with van der Waals surface area (Å²) in [5, 5.41) is 3.61. The Morgan fingerprint density at radius 2 is 2.33 bits per heavy atom. The lowest BCUT2D eigenvalue weighted by Gasteiger charge is -2.20. The number of fused-ring (bicyclic) bond motifs is 2. The first kappa shape index (κ1) is 12.5. The summed E-state index contributed by atoms with van der Waals surface area (Å²) in [4.78, 5) is 0. The molecule has 2 aliphatic rings. The molecule has 2 saturated heterocycles. The van der Waals surface area contributed by atoms with Crippen molar-refractivity contribution in [2.45, 2.75) is 44.1 Å². The van der Waals surface area contributed by atoms with E-state index in [1.54, 1.807) is 7.11 Å². The molecule has 18 heavy (non-hydrogen) atoms. The van der Waals surface area contributed by atoms with Gasteiger partial charge in [0.2, 0.25) is 0 Å². The van der Waals surface area contributed by atoms with Crippen LogP contribution in [0.4, 0.5) is 0 Å². The average molecular weight is 312 g/mol. The summed E-state index contributed by atoms with van der Waals surface area (Å²) in [7, 11) is 1.72. The van der Waals surface area contributed by atoms with Gasteiger partial charge in [0.25, 0.3) is 0 Å². The van der Waals surface area contributed by atoms with Crippen molar-refractivity contribution in [2.24, 2.45) is 0 Å². The Bertz CT molecular complexity index is 438. The number of ether oxygens (including phenoxy) is 2. The van der Waals surface area contributed by atoms with Gasteiger partial charge in [-0.25, -0.2) is 0 Å². The van der Waals surface area contributed by atoms with Crippen LogP contribution in [0.2, 0.25) is 0 Å². The van der Waals surface area contributed by atoms with Crippen molar-refractivity contribution >= 4 is 15.9 Å². The normalized spacial score (nSPS) is 29.8. The molecule has 2 bridgehead atoms. The lowest BCUT2D eigenvalue weighted by atomic mass is 9.95. The lowest BCUT2D eigenvalue weighted by Crippen LogP contribution is -2.37. The third-order valence-electron chi connectivity index (χ3n) is 3.90. The smallest absolute Gasteiger partial charge is 0.123 e. The molecular formula is C14H18BrNO2. The Kier molecular flexibility index (Phi) is 3.59. The van der Waals surface area contributed by atoms with Crippen LogP contribution in [-0.2, 0) is 11.3 Å². The van der Waals surface area contributed by atoms with Crippen molar-refractivity contribution in [3.63, 3.8) is 0 Å². The van der Waals surface area contributed by atoms with Crippen molar-refractivity contribution in [1.29, 1.82) is 0 Å². The van der Waals surface area contributed by atoms with Gasteiger partial charge >= 0.3 is 0 Å².